The standard InChI is InChI=1S/C22H26N2/c1-23(2)11-17-7-15-5-6-16-8-18-12-24(3,4)14-20(18)10-22(16)21(15)9-19(17)13-23/h5-10H,11-14H2,1-4H3/q+2. The normalized spacial score (nSPS) is 20.5. The van der Waals surface area contributed by atoms with Crippen molar-refractivity contribution in [3.63, 3.8) is 0 Å². The molecular formula is C22H26N2+2. The molecule has 0 bridgehead atoms. The molecule has 0 spiro atoms. The molecule has 0 saturated carbocycles. The molecule has 0 atom stereocenters. The molecule has 0 unspecified atom stereocenters. The number of hydrogen-bond donors (Lipinski definition) is 0. The summed E-state index contributed by atoms with van der Waals surface area (Å²) in [5, 5.41) is 5.67. The van der Waals surface area contributed by atoms with Crippen LogP contribution in [0, 0.1) is 0 Å². The Morgan fingerprint density at radius 1 is 0.542 bits per heavy atom. The molecular weight excluding hydrogens is 292 g/mol. The van der Waals surface area contributed by atoms with E-state index in [1.165, 1.54) is 43.8 Å². The van der Waals surface area contributed by atoms with E-state index in [1.54, 1.807) is 0 Å². The molecule has 5 rings (SSSR count). The van der Waals surface area contributed by atoms with Gasteiger partial charge in [-0.3, -0.25) is 0 Å². The Morgan fingerprint density at radius 2 is 0.875 bits per heavy atom. The number of fused-ring (bicyclic) bond motifs is 5. The summed E-state index contributed by atoms with van der Waals surface area (Å²) in [6, 6.07) is 14.5. The van der Waals surface area contributed by atoms with E-state index in [1.807, 2.05) is 0 Å². The summed E-state index contributed by atoms with van der Waals surface area (Å²) >= 11 is 0. The summed E-state index contributed by atoms with van der Waals surface area (Å²) in [5.41, 5.74) is 6.14. The van der Waals surface area contributed by atoms with Crippen molar-refractivity contribution >= 4 is 21.5 Å². The number of nitrogens with zero attached hydrogens (tertiary/aromatic N) is 2. The summed E-state index contributed by atoms with van der Waals surface area (Å²) < 4.78 is 2.15. The molecule has 0 aromatic heterocycles. The summed E-state index contributed by atoms with van der Waals surface area (Å²) in [4.78, 5) is 0. The van der Waals surface area contributed by atoms with Crippen LogP contribution in [0.5, 0.6) is 0 Å². The van der Waals surface area contributed by atoms with Crippen LogP contribution >= 0.6 is 0 Å². The zero-order valence-corrected chi connectivity index (χ0v) is 15.2. The lowest BCUT2D eigenvalue weighted by Crippen LogP contribution is -2.32. The molecule has 122 valence electrons. The Bertz CT molecular complexity index is 929. The van der Waals surface area contributed by atoms with Crippen molar-refractivity contribution in [2.24, 2.45) is 0 Å². The molecule has 2 aliphatic rings. The lowest BCUT2D eigenvalue weighted by molar-refractivity contribution is -0.910. The number of hydrogen-bond acceptors (Lipinski definition) is 0. The van der Waals surface area contributed by atoms with Gasteiger partial charge in [-0.25, -0.2) is 0 Å². The first-order valence-electron chi connectivity index (χ1n) is 8.94. The second-order valence-electron chi connectivity index (χ2n) is 9.25. The van der Waals surface area contributed by atoms with Crippen molar-refractivity contribution in [2.45, 2.75) is 26.2 Å². The van der Waals surface area contributed by atoms with Crippen LogP contribution in [-0.2, 0) is 26.2 Å². The summed E-state index contributed by atoms with van der Waals surface area (Å²) in [5.74, 6) is 0. The molecule has 0 fully saturated rings. The minimum Gasteiger partial charge on any atom is -0.321 e. The third-order valence-electron chi connectivity index (χ3n) is 5.87. The molecule has 2 heteroatoms. The molecule has 3 aromatic carbocycles. The topological polar surface area (TPSA) is 0 Å². The highest BCUT2D eigenvalue weighted by molar-refractivity contribution is 6.08. The Kier molecular flexibility index (Phi) is 2.64. The first kappa shape index (κ1) is 14.4. The molecule has 0 amide bonds. The predicted octanol–water partition coefficient (Wildman–Crippen LogP) is 4.17. The lowest BCUT2D eigenvalue weighted by atomic mass is 9.95. The first-order chi connectivity index (χ1) is 11.3. The molecule has 0 N–H and O–H groups in total. The molecule has 2 nitrogen and oxygen atoms in total. The molecule has 2 aliphatic heterocycles. The number of rotatable bonds is 0. The Hall–Kier alpha value is -1.90. The first-order valence-corrected chi connectivity index (χ1v) is 8.94. The third-order valence-corrected chi connectivity index (χ3v) is 5.87. The summed E-state index contributed by atoms with van der Waals surface area (Å²) in [6.45, 7) is 4.60. The van der Waals surface area contributed by atoms with Gasteiger partial charge in [0.1, 0.15) is 26.2 Å². The van der Waals surface area contributed by atoms with Crippen molar-refractivity contribution in [2.75, 3.05) is 28.2 Å². The Labute approximate surface area is 144 Å². The van der Waals surface area contributed by atoms with Gasteiger partial charge in [0.05, 0.1) is 28.2 Å². The second kappa shape index (κ2) is 4.38. The maximum Gasteiger partial charge on any atom is 0.105 e. The highest BCUT2D eigenvalue weighted by atomic mass is 15.3. The smallest absolute Gasteiger partial charge is 0.105 e. The Balaban J connectivity index is 1.77. The van der Waals surface area contributed by atoms with Crippen LogP contribution in [0.4, 0.5) is 0 Å². The highest BCUT2D eigenvalue weighted by Gasteiger charge is 2.30. The van der Waals surface area contributed by atoms with E-state index in [-0.39, 0.29) is 0 Å². The largest absolute Gasteiger partial charge is 0.321 e. The fraction of sp³-hybridized carbons (Fsp3) is 0.364. The van der Waals surface area contributed by atoms with Crippen LogP contribution in [0.25, 0.3) is 21.5 Å². The monoisotopic (exact) mass is 318 g/mol. The average molecular weight is 318 g/mol. The van der Waals surface area contributed by atoms with Crippen LogP contribution < -0.4 is 0 Å². The number of benzene rings is 3. The highest BCUT2D eigenvalue weighted by Crippen LogP contribution is 2.37. The van der Waals surface area contributed by atoms with Crippen molar-refractivity contribution in [1.29, 1.82) is 0 Å². The SMILES string of the molecule is C[N+]1(C)Cc2cc3ccc4cc5c(cc4c3cc2C1)C[N+](C)(C)C5. The molecule has 3 aromatic rings. The zero-order valence-electron chi connectivity index (χ0n) is 15.2. The van der Waals surface area contributed by atoms with E-state index in [4.69, 9.17) is 0 Å². The molecule has 24 heavy (non-hydrogen) atoms. The van der Waals surface area contributed by atoms with Crippen LogP contribution in [0.1, 0.15) is 22.3 Å². The van der Waals surface area contributed by atoms with Crippen molar-refractivity contribution in [3.05, 3.63) is 58.7 Å². The van der Waals surface area contributed by atoms with Gasteiger partial charge in [0.2, 0.25) is 0 Å². The van der Waals surface area contributed by atoms with Crippen LogP contribution in [0.2, 0.25) is 0 Å². The van der Waals surface area contributed by atoms with Gasteiger partial charge in [0.15, 0.2) is 0 Å². The quantitative estimate of drug-likeness (QED) is 0.431. The maximum atomic E-state index is 2.47. The summed E-state index contributed by atoms with van der Waals surface area (Å²) in [6.07, 6.45) is 0. The number of quaternary nitrogens is 2. The fourth-order valence-electron chi connectivity index (χ4n) is 4.88. The van der Waals surface area contributed by atoms with Gasteiger partial charge in [-0.1, -0.05) is 12.1 Å². The molecule has 2 heterocycles. The van der Waals surface area contributed by atoms with E-state index in [0.717, 1.165) is 35.1 Å². The van der Waals surface area contributed by atoms with E-state index in [2.05, 4.69) is 64.6 Å². The zero-order chi connectivity index (χ0) is 16.7. The van der Waals surface area contributed by atoms with E-state index >= 15 is 0 Å². The molecule has 0 radical (unpaired) electrons. The van der Waals surface area contributed by atoms with Crippen LogP contribution in [0.15, 0.2) is 36.4 Å². The van der Waals surface area contributed by atoms with Crippen molar-refractivity contribution < 1.29 is 8.97 Å². The van der Waals surface area contributed by atoms with Gasteiger partial charge in [-0.15, -0.1) is 0 Å². The molecule has 0 aliphatic carbocycles. The van der Waals surface area contributed by atoms with Gasteiger partial charge in [0, 0.05) is 22.3 Å². The van der Waals surface area contributed by atoms with Gasteiger partial charge < -0.3 is 8.97 Å². The minimum atomic E-state index is 1.07. The maximum absolute atomic E-state index is 2.47. The third kappa shape index (κ3) is 2.10. The lowest BCUT2D eigenvalue weighted by Gasteiger charge is -2.22. The van der Waals surface area contributed by atoms with Crippen molar-refractivity contribution in [3.8, 4) is 0 Å². The summed E-state index contributed by atoms with van der Waals surface area (Å²) in [7, 11) is 9.32. The fourth-order valence-corrected chi connectivity index (χ4v) is 4.88. The van der Waals surface area contributed by atoms with Gasteiger partial charge in [-0.05, 0) is 45.8 Å². The van der Waals surface area contributed by atoms with E-state index in [9.17, 15) is 0 Å². The second-order valence-corrected chi connectivity index (χ2v) is 9.25. The predicted molar refractivity (Wildman–Crippen MR) is 100 cm³/mol. The van der Waals surface area contributed by atoms with Gasteiger partial charge >= 0.3 is 0 Å². The van der Waals surface area contributed by atoms with Gasteiger partial charge in [0.25, 0.3) is 0 Å². The van der Waals surface area contributed by atoms with Crippen LogP contribution in [0.3, 0.4) is 0 Å². The van der Waals surface area contributed by atoms with Crippen LogP contribution in [-0.4, -0.2) is 37.2 Å². The Morgan fingerprint density at radius 3 is 1.25 bits per heavy atom. The van der Waals surface area contributed by atoms with Gasteiger partial charge in [-0.2, -0.15) is 0 Å². The van der Waals surface area contributed by atoms with E-state index < -0.39 is 0 Å². The minimum absolute atomic E-state index is 1.07. The van der Waals surface area contributed by atoms with E-state index in [0.29, 0.717) is 0 Å². The molecule has 0 saturated heterocycles. The average Bonchev–Trinajstić information content (AvgIpc) is 2.94. The van der Waals surface area contributed by atoms with Crippen molar-refractivity contribution in [1.82, 2.24) is 0 Å².